The van der Waals surface area contributed by atoms with Crippen LogP contribution in [0.1, 0.15) is 30.6 Å². The van der Waals surface area contributed by atoms with Crippen molar-refractivity contribution in [3.05, 3.63) is 58.6 Å². The lowest BCUT2D eigenvalue weighted by atomic mass is 9.98. The first-order valence-corrected chi connectivity index (χ1v) is 8.46. The molecule has 0 aliphatic carbocycles. The number of anilines is 1. The van der Waals surface area contributed by atoms with Crippen molar-refractivity contribution < 1.29 is 14.6 Å². The van der Waals surface area contributed by atoms with Gasteiger partial charge in [-0.1, -0.05) is 23.7 Å². The maximum atomic E-state index is 12.7. The molecule has 24 heavy (non-hydrogen) atoms. The van der Waals surface area contributed by atoms with Crippen molar-refractivity contribution in [3.8, 4) is 5.75 Å². The number of amides is 1. The molecule has 0 radical (unpaired) electrons. The van der Waals surface area contributed by atoms with Gasteiger partial charge in [0, 0.05) is 22.8 Å². The molecular formula is C19H20ClNO3. The van der Waals surface area contributed by atoms with Gasteiger partial charge in [0.1, 0.15) is 5.75 Å². The molecule has 0 fully saturated rings. The minimum absolute atomic E-state index is 0.00892. The van der Waals surface area contributed by atoms with E-state index >= 15 is 0 Å². The zero-order chi connectivity index (χ0) is 17.1. The summed E-state index contributed by atoms with van der Waals surface area (Å²) < 4.78 is 5.42. The first-order valence-electron chi connectivity index (χ1n) is 8.08. The van der Waals surface area contributed by atoms with Crippen LogP contribution in [0.5, 0.6) is 5.75 Å². The first kappa shape index (κ1) is 16.8. The van der Waals surface area contributed by atoms with Crippen molar-refractivity contribution in [1.82, 2.24) is 0 Å². The van der Waals surface area contributed by atoms with Crippen LogP contribution in [0, 0.1) is 0 Å². The van der Waals surface area contributed by atoms with Gasteiger partial charge in [-0.3, -0.25) is 4.79 Å². The molecule has 1 aliphatic heterocycles. The number of aliphatic hydroxyl groups excluding tert-OH is 1. The van der Waals surface area contributed by atoms with Gasteiger partial charge in [-0.15, -0.1) is 0 Å². The van der Waals surface area contributed by atoms with Crippen LogP contribution in [-0.2, 0) is 11.2 Å². The zero-order valence-corrected chi connectivity index (χ0v) is 14.3. The van der Waals surface area contributed by atoms with Gasteiger partial charge in [-0.05, 0) is 49.2 Å². The Bertz CT molecular complexity index is 730. The minimum atomic E-state index is -0.576. The molecule has 1 N–H and O–H groups in total. The molecule has 126 valence electrons. The van der Waals surface area contributed by atoms with Crippen LogP contribution >= 0.6 is 11.6 Å². The lowest BCUT2D eigenvalue weighted by Crippen LogP contribution is -2.37. The number of rotatable bonds is 4. The molecule has 0 saturated carbocycles. The standard InChI is InChI=1S/C19H20ClNO3/c1-2-24-15-6-3-13(4-7-15)11-19(23)21-10-9-18(22)16-12-14(20)5-8-17(16)21/h3-8,12,18,22H,2,9-11H2,1H3. The summed E-state index contributed by atoms with van der Waals surface area (Å²) in [6, 6.07) is 12.8. The third-order valence-electron chi connectivity index (χ3n) is 4.16. The Morgan fingerprint density at radius 3 is 2.75 bits per heavy atom. The van der Waals surface area contributed by atoms with Gasteiger partial charge in [-0.2, -0.15) is 0 Å². The highest BCUT2D eigenvalue weighted by Gasteiger charge is 2.27. The van der Waals surface area contributed by atoms with Gasteiger partial charge < -0.3 is 14.7 Å². The molecule has 1 amide bonds. The molecule has 0 spiro atoms. The van der Waals surface area contributed by atoms with Crippen molar-refractivity contribution in [2.75, 3.05) is 18.1 Å². The summed E-state index contributed by atoms with van der Waals surface area (Å²) in [4.78, 5) is 14.4. The molecule has 0 aromatic heterocycles. The van der Waals surface area contributed by atoms with E-state index in [0.29, 0.717) is 36.6 Å². The third-order valence-corrected chi connectivity index (χ3v) is 4.39. The predicted octanol–water partition coefficient (Wildman–Crippen LogP) is 3.75. The maximum absolute atomic E-state index is 12.7. The second-order valence-corrected chi connectivity index (χ2v) is 6.24. The number of carbonyl (C=O) groups is 1. The molecule has 3 rings (SSSR count). The van der Waals surface area contributed by atoms with Gasteiger partial charge in [0.2, 0.25) is 5.91 Å². The fourth-order valence-corrected chi connectivity index (χ4v) is 3.15. The van der Waals surface area contributed by atoms with Crippen molar-refractivity contribution in [3.63, 3.8) is 0 Å². The molecule has 1 heterocycles. The second-order valence-electron chi connectivity index (χ2n) is 5.81. The molecule has 1 aliphatic rings. The van der Waals surface area contributed by atoms with Crippen molar-refractivity contribution in [2.24, 2.45) is 0 Å². The summed E-state index contributed by atoms with van der Waals surface area (Å²) in [6.07, 6.45) is 0.251. The lowest BCUT2D eigenvalue weighted by molar-refractivity contribution is -0.118. The normalized spacial score (nSPS) is 16.6. The summed E-state index contributed by atoms with van der Waals surface area (Å²) in [5.41, 5.74) is 2.40. The minimum Gasteiger partial charge on any atom is -0.494 e. The van der Waals surface area contributed by atoms with E-state index in [-0.39, 0.29) is 5.91 Å². The fourth-order valence-electron chi connectivity index (χ4n) is 2.96. The van der Waals surface area contributed by atoms with Crippen molar-refractivity contribution >= 4 is 23.2 Å². The average Bonchev–Trinajstić information content (AvgIpc) is 2.57. The van der Waals surface area contributed by atoms with Crippen LogP contribution < -0.4 is 9.64 Å². The highest BCUT2D eigenvalue weighted by molar-refractivity contribution is 6.30. The van der Waals surface area contributed by atoms with Gasteiger partial charge in [0.15, 0.2) is 0 Å². The Kier molecular flexibility index (Phi) is 5.07. The number of ether oxygens (including phenoxy) is 1. The number of fused-ring (bicyclic) bond motifs is 1. The van der Waals surface area contributed by atoms with Crippen molar-refractivity contribution in [2.45, 2.75) is 25.9 Å². The Balaban J connectivity index is 1.77. The molecule has 4 nitrogen and oxygen atoms in total. The summed E-state index contributed by atoms with van der Waals surface area (Å²) in [5.74, 6) is 0.810. The van der Waals surface area contributed by atoms with E-state index in [1.807, 2.05) is 31.2 Å². The number of hydrogen-bond acceptors (Lipinski definition) is 3. The lowest BCUT2D eigenvalue weighted by Gasteiger charge is -2.32. The summed E-state index contributed by atoms with van der Waals surface area (Å²) in [6.45, 7) is 3.06. The van der Waals surface area contributed by atoms with Crippen LogP contribution in [0.2, 0.25) is 5.02 Å². The van der Waals surface area contributed by atoms with E-state index in [0.717, 1.165) is 17.0 Å². The van der Waals surface area contributed by atoms with Gasteiger partial charge >= 0.3 is 0 Å². The summed E-state index contributed by atoms with van der Waals surface area (Å²) in [7, 11) is 0. The molecule has 2 aromatic rings. The van der Waals surface area contributed by atoms with E-state index in [2.05, 4.69) is 0 Å². The van der Waals surface area contributed by atoms with Crippen LogP contribution in [0.25, 0.3) is 0 Å². The van der Waals surface area contributed by atoms with E-state index < -0.39 is 6.10 Å². The van der Waals surface area contributed by atoms with Gasteiger partial charge in [0.25, 0.3) is 0 Å². The molecule has 1 atom stereocenters. The van der Waals surface area contributed by atoms with E-state index in [9.17, 15) is 9.90 Å². The third kappa shape index (κ3) is 3.55. The SMILES string of the molecule is CCOc1ccc(CC(=O)N2CCC(O)c3cc(Cl)ccc32)cc1. The van der Waals surface area contributed by atoms with Gasteiger partial charge in [-0.25, -0.2) is 0 Å². The first-order chi connectivity index (χ1) is 11.6. The Morgan fingerprint density at radius 2 is 2.04 bits per heavy atom. The quantitative estimate of drug-likeness (QED) is 0.918. The second kappa shape index (κ2) is 7.24. The van der Waals surface area contributed by atoms with Crippen molar-refractivity contribution in [1.29, 1.82) is 0 Å². The summed E-state index contributed by atoms with van der Waals surface area (Å²) in [5, 5.41) is 10.7. The Morgan fingerprint density at radius 1 is 1.29 bits per heavy atom. The van der Waals surface area contributed by atoms with Crippen LogP contribution in [0.4, 0.5) is 5.69 Å². The number of nitrogens with zero attached hydrogens (tertiary/aromatic N) is 1. The Hall–Kier alpha value is -2.04. The van der Waals surface area contributed by atoms with E-state index in [4.69, 9.17) is 16.3 Å². The molecule has 0 bridgehead atoms. The number of halogens is 1. The maximum Gasteiger partial charge on any atom is 0.231 e. The number of benzene rings is 2. The van der Waals surface area contributed by atoms with Crippen LogP contribution in [0.15, 0.2) is 42.5 Å². The highest BCUT2D eigenvalue weighted by atomic mass is 35.5. The molecule has 5 heteroatoms. The topological polar surface area (TPSA) is 49.8 Å². The number of aliphatic hydroxyl groups is 1. The Labute approximate surface area is 146 Å². The number of hydrogen-bond donors (Lipinski definition) is 1. The molecule has 1 unspecified atom stereocenters. The molecular weight excluding hydrogens is 326 g/mol. The summed E-state index contributed by atoms with van der Waals surface area (Å²) >= 11 is 6.01. The van der Waals surface area contributed by atoms with E-state index in [1.165, 1.54) is 0 Å². The molecule has 0 saturated heterocycles. The fraction of sp³-hybridized carbons (Fsp3) is 0.316. The number of carbonyl (C=O) groups excluding carboxylic acids is 1. The zero-order valence-electron chi connectivity index (χ0n) is 13.5. The largest absolute Gasteiger partial charge is 0.494 e. The smallest absolute Gasteiger partial charge is 0.231 e. The van der Waals surface area contributed by atoms with Crippen LogP contribution in [0.3, 0.4) is 0 Å². The van der Waals surface area contributed by atoms with Gasteiger partial charge in [0.05, 0.1) is 19.1 Å². The molecule has 2 aromatic carbocycles. The monoisotopic (exact) mass is 345 g/mol. The predicted molar refractivity (Wildman–Crippen MR) is 94.7 cm³/mol. The highest BCUT2D eigenvalue weighted by Crippen LogP contribution is 2.35. The van der Waals surface area contributed by atoms with E-state index in [1.54, 1.807) is 23.1 Å². The average molecular weight is 346 g/mol. The van der Waals surface area contributed by atoms with Crippen LogP contribution in [-0.4, -0.2) is 24.2 Å².